The van der Waals surface area contributed by atoms with Gasteiger partial charge in [0, 0.05) is 12.6 Å². The molecular formula is C19H20N4O. The number of aryl methyl sites for hydroxylation is 1. The Kier molecular flexibility index (Phi) is 4.42. The molecule has 1 amide bonds. The molecule has 5 nitrogen and oxygen atoms in total. The summed E-state index contributed by atoms with van der Waals surface area (Å²) in [4.78, 5) is 18.3. The Morgan fingerprint density at radius 2 is 1.75 bits per heavy atom. The van der Waals surface area contributed by atoms with Gasteiger partial charge in [-0.15, -0.1) is 0 Å². The summed E-state index contributed by atoms with van der Waals surface area (Å²) in [6.07, 6.45) is 3.16. The summed E-state index contributed by atoms with van der Waals surface area (Å²) >= 11 is 0. The molecule has 0 bridgehead atoms. The number of amides is 1. The zero-order valence-electron chi connectivity index (χ0n) is 14.0. The van der Waals surface area contributed by atoms with E-state index in [4.69, 9.17) is 0 Å². The van der Waals surface area contributed by atoms with Crippen LogP contribution in [0.15, 0.2) is 61.2 Å². The first-order chi connectivity index (χ1) is 11.6. The zero-order chi connectivity index (χ0) is 17.1. The van der Waals surface area contributed by atoms with Crippen molar-refractivity contribution in [1.29, 1.82) is 0 Å². The number of hydrogen-bond donors (Lipinski definition) is 0. The Morgan fingerprint density at radius 1 is 1.08 bits per heavy atom. The molecule has 0 N–H and O–H groups in total. The van der Waals surface area contributed by atoms with Gasteiger partial charge in [-0.2, -0.15) is 5.10 Å². The summed E-state index contributed by atoms with van der Waals surface area (Å²) in [5.74, 6) is 0.0165. The fourth-order valence-electron chi connectivity index (χ4n) is 2.55. The van der Waals surface area contributed by atoms with Crippen molar-refractivity contribution in [1.82, 2.24) is 19.7 Å². The van der Waals surface area contributed by atoms with Gasteiger partial charge in [-0.25, -0.2) is 9.67 Å². The molecule has 0 fully saturated rings. The third-order valence-corrected chi connectivity index (χ3v) is 4.26. The largest absolute Gasteiger partial charge is 0.335 e. The Morgan fingerprint density at radius 3 is 2.33 bits per heavy atom. The summed E-state index contributed by atoms with van der Waals surface area (Å²) < 4.78 is 1.70. The van der Waals surface area contributed by atoms with E-state index in [1.54, 1.807) is 15.9 Å². The first-order valence-electron chi connectivity index (χ1n) is 7.85. The smallest absolute Gasteiger partial charge is 0.254 e. The lowest BCUT2D eigenvalue weighted by Crippen LogP contribution is -2.29. The molecule has 0 aliphatic heterocycles. The average Bonchev–Trinajstić information content (AvgIpc) is 3.15. The lowest BCUT2D eigenvalue weighted by atomic mass is 10.1. The van der Waals surface area contributed by atoms with Crippen LogP contribution in [-0.2, 0) is 0 Å². The van der Waals surface area contributed by atoms with E-state index in [0.29, 0.717) is 5.56 Å². The van der Waals surface area contributed by atoms with Crippen LogP contribution in [0.25, 0.3) is 5.69 Å². The van der Waals surface area contributed by atoms with Crippen LogP contribution in [0.5, 0.6) is 0 Å². The third kappa shape index (κ3) is 3.20. The van der Waals surface area contributed by atoms with Crippen molar-refractivity contribution >= 4 is 5.91 Å². The highest BCUT2D eigenvalue weighted by Gasteiger charge is 2.18. The van der Waals surface area contributed by atoms with E-state index in [2.05, 4.69) is 10.1 Å². The number of carbonyl (C=O) groups excluding carboxylic acids is 1. The van der Waals surface area contributed by atoms with Crippen LogP contribution in [-0.4, -0.2) is 32.6 Å². The second kappa shape index (κ2) is 6.66. The third-order valence-electron chi connectivity index (χ3n) is 4.26. The molecule has 5 heteroatoms. The fraction of sp³-hybridized carbons (Fsp3) is 0.211. The molecule has 2 aromatic carbocycles. The molecule has 0 aliphatic rings. The normalized spacial score (nSPS) is 12.0. The van der Waals surface area contributed by atoms with E-state index in [1.165, 1.54) is 6.33 Å². The molecule has 24 heavy (non-hydrogen) atoms. The Balaban J connectivity index is 1.76. The van der Waals surface area contributed by atoms with Gasteiger partial charge in [-0.3, -0.25) is 4.79 Å². The van der Waals surface area contributed by atoms with Crippen LogP contribution in [0.4, 0.5) is 0 Å². The number of aromatic nitrogens is 3. The molecular weight excluding hydrogens is 300 g/mol. The van der Waals surface area contributed by atoms with Crippen molar-refractivity contribution in [2.75, 3.05) is 7.05 Å². The fourth-order valence-corrected chi connectivity index (χ4v) is 2.55. The molecule has 122 valence electrons. The summed E-state index contributed by atoms with van der Waals surface area (Å²) in [5, 5.41) is 4.11. The lowest BCUT2D eigenvalue weighted by Gasteiger charge is -2.25. The van der Waals surface area contributed by atoms with E-state index < -0.39 is 0 Å². The van der Waals surface area contributed by atoms with Crippen molar-refractivity contribution in [3.63, 3.8) is 0 Å². The molecule has 1 heterocycles. The summed E-state index contributed by atoms with van der Waals surface area (Å²) in [5.41, 5.74) is 3.86. The van der Waals surface area contributed by atoms with Gasteiger partial charge in [0.15, 0.2) is 0 Å². The summed E-state index contributed by atoms with van der Waals surface area (Å²) in [7, 11) is 1.83. The minimum absolute atomic E-state index is 0.0165. The predicted molar refractivity (Wildman–Crippen MR) is 93.0 cm³/mol. The lowest BCUT2D eigenvalue weighted by molar-refractivity contribution is 0.0742. The molecule has 1 aromatic heterocycles. The molecule has 0 radical (unpaired) electrons. The number of hydrogen-bond acceptors (Lipinski definition) is 3. The molecule has 0 saturated heterocycles. The maximum Gasteiger partial charge on any atom is 0.254 e. The van der Waals surface area contributed by atoms with Crippen LogP contribution in [0.1, 0.15) is 34.5 Å². The van der Waals surface area contributed by atoms with Gasteiger partial charge < -0.3 is 4.90 Å². The zero-order valence-corrected chi connectivity index (χ0v) is 14.0. The molecule has 0 spiro atoms. The quantitative estimate of drug-likeness (QED) is 0.740. The Hall–Kier alpha value is -2.95. The number of benzene rings is 2. The first kappa shape index (κ1) is 15.9. The van der Waals surface area contributed by atoms with Crippen molar-refractivity contribution in [2.24, 2.45) is 0 Å². The van der Waals surface area contributed by atoms with Gasteiger partial charge in [-0.1, -0.05) is 29.8 Å². The highest BCUT2D eigenvalue weighted by Crippen LogP contribution is 2.22. The van der Waals surface area contributed by atoms with E-state index >= 15 is 0 Å². The van der Waals surface area contributed by atoms with Crippen LogP contribution in [0, 0.1) is 6.92 Å². The highest BCUT2D eigenvalue weighted by atomic mass is 16.2. The summed E-state index contributed by atoms with van der Waals surface area (Å²) in [6.45, 7) is 4.04. The first-order valence-corrected chi connectivity index (χ1v) is 7.85. The topological polar surface area (TPSA) is 51.0 Å². The van der Waals surface area contributed by atoms with E-state index in [1.807, 2.05) is 69.4 Å². The Bertz CT molecular complexity index is 808. The molecule has 1 atom stereocenters. The van der Waals surface area contributed by atoms with Crippen molar-refractivity contribution in [2.45, 2.75) is 19.9 Å². The van der Waals surface area contributed by atoms with E-state index in [0.717, 1.165) is 16.8 Å². The van der Waals surface area contributed by atoms with Gasteiger partial charge in [0.25, 0.3) is 5.91 Å². The van der Waals surface area contributed by atoms with Crippen molar-refractivity contribution < 1.29 is 4.79 Å². The maximum atomic E-state index is 12.6. The highest BCUT2D eigenvalue weighted by molar-refractivity contribution is 5.94. The van der Waals surface area contributed by atoms with E-state index in [9.17, 15) is 4.79 Å². The van der Waals surface area contributed by atoms with Gasteiger partial charge >= 0.3 is 0 Å². The van der Waals surface area contributed by atoms with Crippen molar-refractivity contribution in [3.8, 4) is 5.69 Å². The van der Waals surface area contributed by atoms with Crippen LogP contribution < -0.4 is 0 Å². The second-order valence-electron chi connectivity index (χ2n) is 5.89. The number of nitrogens with zero attached hydrogens (tertiary/aromatic N) is 4. The number of rotatable bonds is 4. The van der Waals surface area contributed by atoms with Gasteiger partial charge in [-0.05, 0) is 43.7 Å². The van der Waals surface area contributed by atoms with Gasteiger partial charge in [0.2, 0.25) is 0 Å². The maximum absolute atomic E-state index is 12.6. The Labute approximate surface area is 141 Å². The predicted octanol–water partition coefficient (Wildman–Crippen LogP) is 3.41. The average molecular weight is 320 g/mol. The molecule has 0 saturated carbocycles. The van der Waals surface area contributed by atoms with Crippen LogP contribution in [0.2, 0.25) is 0 Å². The SMILES string of the molecule is Cc1ccc(C(=O)N(C)[C@@H](C)c2ccc(-n3cncn3)cc2)cc1. The van der Waals surface area contributed by atoms with Crippen molar-refractivity contribution in [3.05, 3.63) is 77.9 Å². The van der Waals surface area contributed by atoms with Crippen LogP contribution in [0.3, 0.4) is 0 Å². The van der Waals surface area contributed by atoms with Crippen LogP contribution >= 0.6 is 0 Å². The summed E-state index contributed by atoms with van der Waals surface area (Å²) in [6, 6.07) is 15.6. The number of carbonyl (C=O) groups is 1. The van der Waals surface area contributed by atoms with E-state index in [-0.39, 0.29) is 11.9 Å². The molecule has 3 aromatic rings. The second-order valence-corrected chi connectivity index (χ2v) is 5.89. The van der Waals surface area contributed by atoms with Gasteiger partial charge in [0.05, 0.1) is 11.7 Å². The molecule has 3 rings (SSSR count). The van der Waals surface area contributed by atoms with Gasteiger partial charge in [0.1, 0.15) is 12.7 Å². The molecule has 0 unspecified atom stereocenters. The monoisotopic (exact) mass is 320 g/mol. The minimum Gasteiger partial charge on any atom is -0.335 e. The molecule has 0 aliphatic carbocycles. The minimum atomic E-state index is -0.0244. The standard InChI is InChI=1S/C19H20N4O/c1-14-4-6-17(7-5-14)19(24)22(3)15(2)16-8-10-18(11-9-16)23-13-20-12-21-23/h4-13,15H,1-3H3/t15-/m0/s1.